The molecule has 0 aliphatic rings. The maximum absolute atomic E-state index is 12.2. The lowest BCUT2D eigenvalue weighted by molar-refractivity contribution is 0.102. The Balaban J connectivity index is 1.74. The van der Waals surface area contributed by atoms with Crippen molar-refractivity contribution >= 4 is 45.6 Å². The number of aryl methyl sites for hydroxylation is 1. The van der Waals surface area contributed by atoms with Crippen molar-refractivity contribution in [1.29, 1.82) is 0 Å². The van der Waals surface area contributed by atoms with Crippen LogP contribution in [0.5, 0.6) is 0 Å². The summed E-state index contributed by atoms with van der Waals surface area (Å²) in [5.41, 5.74) is 2.68. The number of hydrogen-bond donors (Lipinski definition) is 1. The van der Waals surface area contributed by atoms with Crippen LogP contribution in [0.1, 0.15) is 25.9 Å². The Morgan fingerprint density at radius 3 is 2.62 bits per heavy atom. The molecule has 5 nitrogen and oxygen atoms in total. The quantitative estimate of drug-likeness (QED) is 0.759. The summed E-state index contributed by atoms with van der Waals surface area (Å²) in [6.45, 7) is 1.99. The Morgan fingerprint density at radius 2 is 1.92 bits per heavy atom. The fourth-order valence-corrected chi connectivity index (χ4v) is 2.83. The normalized spacial score (nSPS) is 11.3. The predicted octanol–water partition coefficient (Wildman–Crippen LogP) is 4.23. The summed E-state index contributed by atoms with van der Waals surface area (Å²) in [7, 11) is 0. The molecule has 1 amide bonds. The molecule has 3 aromatic rings. The Labute approximate surface area is 148 Å². The maximum atomic E-state index is 12.2. The van der Waals surface area contributed by atoms with Gasteiger partial charge in [0.1, 0.15) is 0 Å². The molecule has 3 rings (SSSR count). The number of aromatic nitrogens is 3. The monoisotopic (exact) mass is 356 g/mol. The number of hydrogen-bond acceptors (Lipinski definition) is 5. The highest BCUT2D eigenvalue weighted by Gasteiger charge is 2.14. The van der Waals surface area contributed by atoms with E-state index in [1.54, 1.807) is 18.5 Å². The van der Waals surface area contributed by atoms with Gasteiger partial charge >= 0.3 is 0 Å². The number of benzene rings is 1. The minimum atomic E-state index is -0.312. The summed E-state index contributed by atoms with van der Waals surface area (Å²) in [5.74, 6) is -0.312. The fraction of sp³-hybridized carbons (Fsp3) is 0.0588. The van der Waals surface area contributed by atoms with Gasteiger partial charge in [0.25, 0.3) is 5.91 Å². The first-order valence-electron chi connectivity index (χ1n) is 7.11. The van der Waals surface area contributed by atoms with E-state index in [2.05, 4.69) is 20.5 Å². The van der Waals surface area contributed by atoms with Crippen LogP contribution < -0.4 is 5.32 Å². The molecule has 0 aliphatic heterocycles. The van der Waals surface area contributed by atoms with Gasteiger partial charge in [0.2, 0.25) is 5.01 Å². The van der Waals surface area contributed by atoms with E-state index >= 15 is 0 Å². The molecule has 0 aliphatic carbocycles. The van der Waals surface area contributed by atoms with Gasteiger partial charge in [-0.2, -0.15) is 0 Å². The summed E-state index contributed by atoms with van der Waals surface area (Å²) < 4.78 is 0. The first-order valence-corrected chi connectivity index (χ1v) is 8.30. The van der Waals surface area contributed by atoms with E-state index in [1.807, 2.05) is 43.3 Å². The molecule has 0 unspecified atom stereocenters. The molecule has 0 saturated carbocycles. The van der Waals surface area contributed by atoms with Crippen molar-refractivity contribution in [1.82, 2.24) is 15.2 Å². The maximum Gasteiger partial charge on any atom is 0.286 e. The van der Waals surface area contributed by atoms with Gasteiger partial charge in [-0.1, -0.05) is 46.7 Å². The fourth-order valence-electron chi connectivity index (χ4n) is 1.90. The number of pyridine rings is 1. The van der Waals surface area contributed by atoms with Gasteiger partial charge in [0.15, 0.2) is 5.01 Å². The first kappa shape index (κ1) is 16.3. The molecular formula is C17H13ClN4OS. The largest absolute Gasteiger partial charge is 0.320 e. The third-order valence-electron chi connectivity index (χ3n) is 3.11. The minimum absolute atomic E-state index is 0.253. The zero-order valence-electron chi connectivity index (χ0n) is 12.7. The molecule has 7 heteroatoms. The number of rotatable bonds is 4. The van der Waals surface area contributed by atoms with Crippen molar-refractivity contribution in [3.63, 3.8) is 0 Å². The average Bonchev–Trinajstić information content (AvgIpc) is 3.08. The summed E-state index contributed by atoms with van der Waals surface area (Å²) in [6.07, 6.45) is 5.11. The minimum Gasteiger partial charge on any atom is -0.320 e. The molecule has 0 radical (unpaired) electrons. The molecule has 1 N–H and O–H groups in total. The van der Waals surface area contributed by atoms with Crippen molar-refractivity contribution in [2.45, 2.75) is 6.92 Å². The Morgan fingerprint density at radius 1 is 1.17 bits per heavy atom. The molecule has 120 valence electrons. The third kappa shape index (κ3) is 4.04. The van der Waals surface area contributed by atoms with Crippen molar-refractivity contribution in [2.75, 3.05) is 5.32 Å². The zero-order valence-corrected chi connectivity index (χ0v) is 14.3. The van der Waals surface area contributed by atoms with Crippen LogP contribution >= 0.6 is 22.9 Å². The molecular weight excluding hydrogens is 344 g/mol. The average molecular weight is 357 g/mol. The van der Waals surface area contributed by atoms with Crippen LogP contribution in [0.4, 0.5) is 5.69 Å². The smallest absolute Gasteiger partial charge is 0.286 e. The number of nitrogens with one attached hydrogen (secondary N) is 1. The van der Waals surface area contributed by atoms with Gasteiger partial charge in [-0.25, -0.2) is 0 Å². The lowest BCUT2D eigenvalue weighted by Crippen LogP contribution is -2.11. The summed E-state index contributed by atoms with van der Waals surface area (Å²) in [6, 6.07) is 11.2. The van der Waals surface area contributed by atoms with Gasteiger partial charge < -0.3 is 5.32 Å². The molecule has 1 aromatic carbocycles. The molecule has 24 heavy (non-hydrogen) atoms. The van der Waals surface area contributed by atoms with Gasteiger partial charge in [-0.3, -0.25) is 9.78 Å². The van der Waals surface area contributed by atoms with Crippen LogP contribution in [0.2, 0.25) is 0 Å². The topological polar surface area (TPSA) is 67.8 Å². The van der Waals surface area contributed by atoms with Gasteiger partial charge in [-0.05, 0) is 36.8 Å². The van der Waals surface area contributed by atoms with Crippen LogP contribution in [0.15, 0.2) is 48.8 Å². The lowest BCUT2D eigenvalue weighted by Gasteiger charge is -2.02. The van der Waals surface area contributed by atoms with Gasteiger partial charge in [0, 0.05) is 18.1 Å². The highest BCUT2D eigenvalue weighted by Crippen LogP contribution is 2.25. The van der Waals surface area contributed by atoms with E-state index in [0.717, 1.165) is 22.5 Å². The van der Waals surface area contributed by atoms with E-state index < -0.39 is 0 Å². The first-order chi connectivity index (χ1) is 11.6. The van der Waals surface area contributed by atoms with Crippen molar-refractivity contribution in [3.05, 3.63) is 69.9 Å². The van der Waals surface area contributed by atoms with Crippen molar-refractivity contribution < 1.29 is 4.79 Å². The SMILES string of the molecule is Cc1ccc(NC(=O)c2nnc(/C(Cl)=C/c3cccnc3)s2)cc1. The van der Waals surface area contributed by atoms with Crippen LogP contribution in [0.25, 0.3) is 11.1 Å². The second-order valence-electron chi connectivity index (χ2n) is 5.01. The molecule has 0 saturated heterocycles. The highest BCUT2D eigenvalue weighted by molar-refractivity contribution is 7.15. The number of halogens is 1. The number of nitrogens with zero attached hydrogens (tertiary/aromatic N) is 3. The Kier molecular flexibility index (Phi) is 4.98. The number of amides is 1. The van der Waals surface area contributed by atoms with E-state index in [4.69, 9.17) is 11.6 Å². The number of anilines is 1. The van der Waals surface area contributed by atoms with E-state index in [1.165, 1.54) is 0 Å². The van der Waals surface area contributed by atoms with E-state index in [0.29, 0.717) is 15.7 Å². The highest BCUT2D eigenvalue weighted by atomic mass is 35.5. The van der Waals surface area contributed by atoms with Gasteiger partial charge in [-0.15, -0.1) is 10.2 Å². The molecule has 0 atom stereocenters. The second kappa shape index (κ2) is 7.33. The molecule has 2 aromatic heterocycles. The lowest BCUT2D eigenvalue weighted by atomic mass is 10.2. The number of carbonyl (C=O) groups excluding carboxylic acids is 1. The Bertz CT molecular complexity index is 875. The standard InChI is InChI=1S/C17H13ClN4OS/c1-11-4-6-13(7-5-11)20-15(23)17-22-21-16(24-17)14(18)9-12-3-2-8-19-10-12/h2-10H,1H3,(H,20,23)/b14-9-. The van der Waals surface area contributed by atoms with Crippen LogP contribution in [-0.2, 0) is 0 Å². The summed E-state index contributed by atoms with van der Waals surface area (Å²) >= 11 is 7.38. The van der Waals surface area contributed by atoms with Crippen LogP contribution in [0.3, 0.4) is 0 Å². The zero-order chi connectivity index (χ0) is 16.9. The molecule has 0 fully saturated rings. The van der Waals surface area contributed by atoms with Crippen molar-refractivity contribution in [3.8, 4) is 0 Å². The predicted molar refractivity (Wildman–Crippen MR) is 97.0 cm³/mol. The third-order valence-corrected chi connectivity index (χ3v) is 4.47. The molecule has 0 spiro atoms. The van der Waals surface area contributed by atoms with Crippen LogP contribution in [0, 0.1) is 6.92 Å². The van der Waals surface area contributed by atoms with Crippen LogP contribution in [-0.4, -0.2) is 21.1 Å². The van der Waals surface area contributed by atoms with Gasteiger partial charge in [0.05, 0.1) is 5.03 Å². The second-order valence-corrected chi connectivity index (χ2v) is 6.40. The summed E-state index contributed by atoms with van der Waals surface area (Å²) in [5, 5.41) is 11.8. The number of carbonyl (C=O) groups is 1. The molecule has 2 heterocycles. The van der Waals surface area contributed by atoms with E-state index in [-0.39, 0.29) is 10.9 Å². The van der Waals surface area contributed by atoms with E-state index in [9.17, 15) is 4.79 Å². The summed E-state index contributed by atoms with van der Waals surface area (Å²) in [4.78, 5) is 16.2. The molecule has 0 bridgehead atoms. The van der Waals surface area contributed by atoms with Crippen molar-refractivity contribution in [2.24, 2.45) is 0 Å². The Hall–Kier alpha value is -2.57.